The van der Waals surface area contributed by atoms with E-state index in [-0.39, 0.29) is 5.78 Å². The van der Waals surface area contributed by atoms with Crippen LogP contribution < -0.4 is 0 Å². The van der Waals surface area contributed by atoms with Crippen molar-refractivity contribution in [3.63, 3.8) is 0 Å². The molecule has 17 heavy (non-hydrogen) atoms. The number of para-hydroxylation sites is 1. The van der Waals surface area contributed by atoms with Crippen LogP contribution >= 0.6 is 0 Å². The topological polar surface area (TPSA) is 43.4 Å². The SMILES string of the molecule is O=C(Cc1ccoc1)c1cc2ccccc2o1. The normalized spacial score (nSPS) is 10.8. The van der Waals surface area contributed by atoms with E-state index in [0.29, 0.717) is 12.2 Å². The Kier molecular flexibility index (Phi) is 2.29. The van der Waals surface area contributed by atoms with E-state index in [1.165, 1.54) is 0 Å². The molecule has 0 bridgehead atoms. The van der Waals surface area contributed by atoms with E-state index in [1.807, 2.05) is 24.3 Å². The van der Waals surface area contributed by atoms with Crippen molar-refractivity contribution in [2.45, 2.75) is 6.42 Å². The minimum absolute atomic E-state index is 0.0393. The highest BCUT2D eigenvalue weighted by Gasteiger charge is 2.13. The van der Waals surface area contributed by atoms with Gasteiger partial charge in [-0.15, -0.1) is 0 Å². The minimum atomic E-state index is -0.0393. The zero-order valence-corrected chi connectivity index (χ0v) is 9.05. The quantitative estimate of drug-likeness (QED) is 0.642. The zero-order valence-electron chi connectivity index (χ0n) is 9.05. The Bertz CT molecular complexity index is 614. The largest absolute Gasteiger partial charge is 0.472 e. The fourth-order valence-corrected chi connectivity index (χ4v) is 1.79. The van der Waals surface area contributed by atoms with Crippen molar-refractivity contribution in [1.82, 2.24) is 0 Å². The molecule has 3 aromatic rings. The summed E-state index contributed by atoms with van der Waals surface area (Å²) in [4.78, 5) is 11.9. The van der Waals surface area contributed by atoms with Crippen LogP contribution in [0.3, 0.4) is 0 Å². The Balaban J connectivity index is 1.90. The van der Waals surface area contributed by atoms with Crippen molar-refractivity contribution in [3.8, 4) is 0 Å². The summed E-state index contributed by atoms with van der Waals surface area (Å²) in [5, 5.41) is 0.947. The van der Waals surface area contributed by atoms with Crippen LogP contribution in [0.2, 0.25) is 0 Å². The van der Waals surface area contributed by atoms with E-state index in [0.717, 1.165) is 16.5 Å². The molecule has 0 amide bonds. The first-order chi connectivity index (χ1) is 8.33. The van der Waals surface area contributed by atoms with Crippen LogP contribution in [0.4, 0.5) is 0 Å². The zero-order chi connectivity index (χ0) is 11.7. The number of furan rings is 2. The van der Waals surface area contributed by atoms with Crippen LogP contribution in [0.25, 0.3) is 11.0 Å². The fourth-order valence-electron chi connectivity index (χ4n) is 1.79. The number of carbonyl (C=O) groups excluding carboxylic acids is 1. The number of ketones is 1. The van der Waals surface area contributed by atoms with Gasteiger partial charge in [0.15, 0.2) is 5.76 Å². The maximum Gasteiger partial charge on any atom is 0.202 e. The summed E-state index contributed by atoms with van der Waals surface area (Å²) in [6.45, 7) is 0. The summed E-state index contributed by atoms with van der Waals surface area (Å²) in [5.41, 5.74) is 1.60. The Labute approximate surface area is 97.7 Å². The van der Waals surface area contributed by atoms with Crippen LogP contribution in [0.1, 0.15) is 16.1 Å². The number of hydrogen-bond donors (Lipinski definition) is 0. The van der Waals surface area contributed by atoms with Gasteiger partial charge >= 0.3 is 0 Å². The van der Waals surface area contributed by atoms with Gasteiger partial charge in [-0.05, 0) is 23.8 Å². The first kappa shape index (κ1) is 9.90. The van der Waals surface area contributed by atoms with E-state index in [9.17, 15) is 4.79 Å². The van der Waals surface area contributed by atoms with E-state index in [2.05, 4.69) is 0 Å². The van der Waals surface area contributed by atoms with Gasteiger partial charge in [0.1, 0.15) is 5.58 Å². The van der Waals surface area contributed by atoms with Crippen LogP contribution in [0.5, 0.6) is 0 Å². The highest BCUT2D eigenvalue weighted by atomic mass is 16.3. The molecule has 0 saturated carbocycles. The molecule has 3 heteroatoms. The molecule has 84 valence electrons. The van der Waals surface area contributed by atoms with E-state index < -0.39 is 0 Å². The third-order valence-electron chi connectivity index (χ3n) is 2.65. The Morgan fingerprint density at radius 3 is 2.82 bits per heavy atom. The molecule has 0 aliphatic rings. The van der Waals surface area contributed by atoms with Crippen molar-refractivity contribution in [2.24, 2.45) is 0 Å². The second kappa shape index (κ2) is 3.94. The lowest BCUT2D eigenvalue weighted by atomic mass is 10.1. The number of fused-ring (bicyclic) bond motifs is 1. The average molecular weight is 226 g/mol. The first-order valence-electron chi connectivity index (χ1n) is 5.36. The van der Waals surface area contributed by atoms with E-state index >= 15 is 0 Å². The maximum absolute atomic E-state index is 11.9. The molecule has 0 aliphatic carbocycles. The standard InChI is InChI=1S/C14H10O3/c15-12(7-10-5-6-16-9-10)14-8-11-3-1-2-4-13(11)17-14/h1-6,8-9H,7H2. The molecular weight excluding hydrogens is 216 g/mol. The van der Waals surface area contributed by atoms with Gasteiger partial charge < -0.3 is 8.83 Å². The summed E-state index contributed by atoms with van der Waals surface area (Å²) in [6.07, 6.45) is 3.43. The number of benzene rings is 1. The average Bonchev–Trinajstić information content (AvgIpc) is 2.96. The second-order valence-corrected chi connectivity index (χ2v) is 3.88. The summed E-state index contributed by atoms with van der Waals surface area (Å²) in [7, 11) is 0. The smallest absolute Gasteiger partial charge is 0.202 e. The third-order valence-corrected chi connectivity index (χ3v) is 2.65. The molecule has 0 unspecified atom stereocenters. The van der Waals surface area contributed by atoms with Crippen molar-refractivity contribution in [3.05, 3.63) is 60.2 Å². The number of Topliss-reactive ketones (excluding diaryl/α,β-unsaturated/α-hetero) is 1. The lowest BCUT2D eigenvalue weighted by Crippen LogP contribution is -2.00. The summed E-state index contributed by atoms with van der Waals surface area (Å²) >= 11 is 0. The maximum atomic E-state index is 11.9. The van der Waals surface area contributed by atoms with Crippen LogP contribution in [0, 0.1) is 0 Å². The summed E-state index contributed by atoms with van der Waals surface area (Å²) in [6, 6.07) is 11.1. The molecule has 0 N–H and O–H groups in total. The molecular formula is C14H10O3. The van der Waals surface area contributed by atoms with Crippen LogP contribution in [-0.4, -0.2) is 5.78 Å². The molecule has 0 fully saturated rings. The van der Waals surface area contributed by atoms with Crippen molar-refractivity contribution >= 4 is 16.8 Å². The van der Waals surface area contributed by atoms with Crippen LogP contribution in [0.15, 0.2) is 57.8 Å². The lowest BCUT2D eigenvalue weighted by molar-refractivity contribution is 0.0968. The fraction of sp³-hybridized carbons (Fsp3) is 0.0714. The number of carbonyl (C=O) groups is 1. The van der Waals surface area contributed by atoms with Gasteiger partial charge in [0.2, 0.25) is 5.78 Å². The molecule has 3 rings (SSSR count). The van der Waals surface area contributed by atoms with Gasteiger partial charge in [-0.3, -0.25) is 4.79 Å². The van der Waals surface area contributed by atoms with Gasteiger partial charge in [-0.2, -0.15) is 0 Å². The van der Waals surface area contributed by atoms with Crippen molar-refractivity contribution in [1.29, 1.82) is 0 Å². The molecule has 0 radical (unpaired) electrons. The Hall–Kier alpha value is -2.29. The van der Waals surface area contributed by atoms with Crippen LogP contribution in [-0.2, 0) is 6.42 Å². The minimum Gasteiger partial charge on any atom is -0.472 e. The molecule has 2 aromatic heterocycles. The first-order valence-corrected chi connectivity index (χ1v) is 5.36. The second-order valence-electron chi connectivity index (χ2n) is 3.88. The molecule has 2 heterocycles. The summed E-state index contributed by atoms with van der Waals surface area (Å²) < 4.78 is 10.4. The van der Waals surface area contributed by atoms with Gasteiger partial charge in [-0.25, -0.2) is 0 Å². The highest BCUT2D eigenvalue weighted by Crippen LogP contribution is 2.20. The third kappa shape index (κ3) is 1.87. The van der Waals surface area contributed by atoms with Gasteiger partial charge in [0.25, 0.3) is 0 Å². The Morgan fingerprint density at radius 2 is 2.06 bits per heavy atom. The number of rotatable bonds is 3. The highest BCUT2D eigenvalue weighted by molar-refractivity contribution is 5.98. The predicted octanol–water partition coefficient (Wildman–Crippen LogP) is 3.45. The van der Waals surface area contributed by atoms with E-state index in [4.69, 9.17) is 8.83 Å². The van der Waals surface area contributed by atoms with Gasteiger partial charge in [-0.1, -0.05) is 18.2 Å². The molecule has 0 spiro atoms. The lowest BCUT2D eigenvalue weighted by Gasteiger charge is -1.92. The number of hydrogen-bond acceptors (Lipinski definition) is 3. The molecule has 0 saturated heterocycles. The van der Waals surface area contributed by atoms with E-state index in [1.54, 1.807) is 24.7 Å². The monoisotopic (exact) mass is 226 g/mol. The van der Waals surface area contributed by atoms with Gasteiger partial charge in [0, 0.05) is 11.8 Å². The molecule has 0 atom stereocenters. The van der Waals surface area contributed by atoms with Crippen molar-refractivity contribution < 1.29 is 13.6 Å². The summed E-state index contributed by atoms with van der Waals surface area (Å²) in [5.74, 6) is 0.356. The Morgan fingerprint density at radius 1 is 1.18 bits per heavy atom. The predicted molar refractivity (Wildman–Crippen MR) is 63.0 cm³/mol. The van der Waals surface area contributed by atoms with Crippen molar-refractivity contribution in [2.75, 3.05) is 0 Å². The van der Waals surface area contributed by atoms with Gasteiger partial charge in [0.05, 0.1) is 12.5 Å². The molecule has 0 aliphatic heterocycles. The molecule has 1 aromatic carbocycles. The molecule has 3 nitrogen and oxygen atoms in total.